The minimum atomic E-state index is 0.153. The van der Waals surface area contributed by atoms with Crippen LogP contribution in [-0.4, -0.2) is 36.3 Å². The van der Waals surface area contributed by atoms with Crippen LogP contribution in [0.2, 0.25) is 5.28 Å². The number of nitrogens with one attached hydrogen (secondary N) is 1. The molecule has 0 amide bonds. The molecule has 2 rings (SSSR count). The Bertz CT molecular complexity index is 514. The molecule has 0 bridgehead atoms. The predicted molar refractivity (Wildman–Crippen MR) is 64.1 cm³/mol. The topological polar surface area (TPSA) is 81.4 Å². The standard InChI is InChI=1S/C8H10ClN7S/c1-3-10-6-13-5(9)14-7(15-6)17-8-11-4-12-16(8)2/h4H,3H2,1-2H3,(H,10,13,14,15). The highest BCUT2D eigenvalue weighted by atomic mass is 35.5. The lowest BCUT2D eigenvalue weighted by Gasteiger charge is -2.03. The van der Waals surface area contributed by atoms with Gasteiger partial charge in [0.15, 0.2) is 5.16 Å². The summed E-state index contributed by atoms with van der Waals surface area (Å²) in [5.41, 5.74) is 0. The highest BCUT2D eigenvalue weighted by molar-refractivity contribution is 7.99. The molecule has 17 heavy (non-hydrogen) atoms. The lowest BCUT2D eigenvalue weighted by atomic mass is 10.7. The van der Waals surface area contributed by atoms with E-state index in [9.17, 15) is 0 Å². The first-order valence-electron chi connectivity index (χ1n) is 4.86. The Morgan fingerprint density at radius 2 is 2.24 bits per heavy atom. The van der Waals surface area contributed by atoms with Gasteiger partial charge in [0.05, 0.1) is 0 Å². The zero-order valence-corrected chi connectivity index (χ0v) is 10.8. The van der Waals surface area contributed by atoms with E-state index in [0.717, 1.165) is 0 Å². The van der Waals surface area contributed by atoms with Crippen LogP contribution in [0.25, 0.3) is 0 Å². The normalized spacial score (nSPS) is 10.5. The van der Waals surface area contributed by atoms with Gasteiger partial charge in [-0.1, -0.05) is 0 Å². The lowest BCUT2D eigenvalue weighted by Crippen LogP contribution is -2.04. The summed E-state index contributed by atoms with van der Waals surface area (Å²) in [5, 5.41) is 8.27. The van der Waals surface area contributed by atoms with Crippen molar-refractivity contribution in [1.29, 1.82) is 0 Å². The van der Waals surface area contributed by atoms with E-state index in [1.54, 1.807) is 11.7 Å². The molecule has 0 spiro atoms. The van der Waals surface area contributed by atoms with Crippen molar-refractivity contribution in [2.75, 3.05) is 11.9 Å². The van der Waals surface area contributed by atoms with Gasteiger partial charge in [-0.2, -0.15) is 20.1 Å². The second kappa shape index (κ2) is 5.28. The minimum Gasteiger partial charge on any atom is -0.354 e. The molecule has 1 N–H and O–H groups in total. The minimum absolute atomic E-state index is 0.153. The number of hydrogen-bond acceptors (Lipinski definition) is 7. The fraction of sp³-hybridized carbons (Fsp3) is 0.375. The molecule has 9 heteroatoms. The quantitative estimate of drug-likeness (QED) is 0.896. The molecule has 0 unspecified atom stereocenters. The Hall–Kier alpha value is -1.41. The van der Waals surface area contributed by atoms with Crippen molar-refractivity contribution < 1.29 is 0 Å². The van der Waals surface area contributed by atoms with Crippen LogP contribution in [0, 0.1) is 0 Å². The van der Waals surface area contributed by atoms with Crippen molar-refractivity contribution in [3.05, 3.63) is 11.6 Å². The predicted octanol–water partition coefficient (Wildman–Crippen LogP) is 1.24. The van der Waals surface area contributed by atoms with Gasteiger partial charge in [-0.3, -0.25) is 0 Å². The molecule has 0 saturated heterocycles. The zero-order chi connectivity index (χ0) is 12.3. The highest BCUT2D eigenvalue weighted by Crippen LogP contribution is 2.23. The molecule has 2 aromatic rings. The second-order valence-electron chi connectivity index (χ2n) is 3.01. The van der Waals surface area contributed by atoms with Gasteiger partial charge in [0.2, 0.25) is 16.4 Å². The van der Waals surface area contributed by atoms with Gasteiger partial charge in [-0.05, 0) is 30.3 Å². The van der Waals surface area contributed by atoms with Crippen molar-refractivity contribution in [2.24, 2.45) is 7.05 Å². The molecule has 0 aromatic carbocycles. The van der Waals surface area contributed by atoms with E-state index < -0.39 is 0 Å². The van der Waals surface area contributed by atoms with Gasteiger partial charge >= 0.3 is 0 Å². The van der Waals surface area contributed by atoms with Gasteiger partial charge in [0.1, 0.15) is 6.33 Å². The molecule has 7 nitrogen and oxygen atoms in total. The monoisotopic (exact) mass is 271 g/mol. The first-order valence-corrected chi connectivity index (χ1v) is 6.05. The molecule has 0 aliphatic heterocycles. The van der Waals surface area contributed by atoms with Crippen molar-refractivity contribution in [2.45, 2.75) is 17.2 Å². The maximum absolute atomic E-state index is 5.81. The van der Waals surface area contributed by atoms with Crippen LogP contribution in [0.5, 0.6) is 0 Å². The first-order chi connectivity index (χ1) is 8.19. The molecule has 2 aromatic heterocycles. The van der Waals surface area contributed by atoms with Crippen LogP contribution < -0.4 is 5.32 Å². The van der Waals surface area contributed by atoms with Crippen molar-refractivity contribution >= 4 is 29.3 Å². The van der Waals surface area contributed by atoms with Crippen molar-refractivity contribution in [1.82, 2.24) is 29.7 Å². The van der Waals surface area contributed by atoms with Crippen LogP contribution in [0.4, 0.5) is 5.95 Å². The second-order valence-corrected chi connectivity index (χ2v) is 4.28. The average Bonchev–Trinajstić information content (AvgIpc) is 2.64. The van der Waals surface area contributed by atoms with Crippen LogP contribution >= 0.6 is 23.4 Å². The smallest absolute Gasteiger partial charge is 0.228 e. The third-order valence-corrected chi connectivity index (χ3v) is 2.86. The molecule has 2 heterocycles. The Morgan fingerprint density at radius 1 is 1.41 bits per heavy atom. The van der Waals surface area contributed by atoms with Gasteiger partial charge in [-0.15, -0.1) is 0 Å². The lowest BCUT2D eigenvalue weighted by molar-refractivity contribution is 0.683. The maximum Gasteiger partial charge on any atom is 0.228 e. The molecule has 0 aliphatic carbocycles. The molecule has 0 fully saturated rings. The number of nitrogens with zero attached hydrogens (tertiary/aromatic N) is 6. The van der Waals surface area contributed by atoms with Crippen LogP contribution in [0.1, 0.15) is 6.92 Å². The van der Waals surface area contributed by atoms with E-state index in [0.29, 0.717) is 22.8 Å². The van der Waals surface area contributed by atoms with Gasteiger partial charge in [-0.25, -0.2) is 9.67 Å². The molecular weight excluding hydrogens is 262 g/mol. The Morgan fingerprint density at radius 3 is 2.88 bits per heavy atom. The fourth-order valence-corrected chi connectivity index (χ4v) is 1.99. The third kappa shape index (κ3) is 3.04. The summed E-state index contributed by atoms with van der Waals surface area (Å²) in [5.74, 6) is 0.456. The summed E-state index contributed by atoms with van der Waals surface area (Å²) in [7, 11) is 1.79. The van der Waals surface area contributed by atoms with Crippen molar-refractivity contribution in [3.63, 3.8) is 0 Å². The third-order valence-electron chi connectivity index (χ3n) is 1.77. The summed E-state index contributed by atoms with van der Waals surface area (Å²) in [6, 6.07) is 0. The summed E-state index contributed by atoms with van der Waals surface area (Å²) in [6.45, 7) is 2.67. The Balaban J connectivity index is 2.23. The summed E-state index contributed by atoms with van der Waals surface area (Å²) in [6.07, 6.45) is 1.47. The number of aryl methyl sites for hydroxylation is 1. The van der Waals surface area contributed by atoms with Crippen LogP contribution in [0.15, 0.2) is 16.6 Å². The molecular formula is C8H10ClN7S. The van der Waals surface area contributed by atoms with E-state index in [1.807, 2.05) is 6.92 Å². The number of halogens is 1. The number of aromatic nitrogens is 6. The molecule has 0 aliphatic rings. The maximum atomic E-state index is 5.81. The number of hydrogen-bond donors (Lipinski definition) is 1. The van der Waals surface area contributed by atoms with Crippen LogP contribution in [0.3, 0.4) is 0 Å². The van der Waals surface area contributed by atoms with Gasteiger partial charge < -0.3 is 5.32 Å². The SMILES string of the molecule is CCNc1nc(Cl)nc(Sc2ncnn2C)n1. The van der Waals surface area contributed by atoms with E-state index in [2.05, 4.69) is 30.4 Å². The largest absolute Gasteiger partial charge is 0.354 e. The molecule has 0 radical (unpaired) electrons. The highest BCUT2D eigenvalue weighted by Gasteiger charge is 2.09. The summed E-state index contributed by atoms with van der Waals surface area (Å²) >= 11 is 7.09. The molecule has 0 atom stereocenters. The number of anilines is 1. The summed E-state index contributed by atoms with van der Waals surface area (Å²) in [4.78, 5) is 16.2. The number of rotatable bonds is 4. The Kier molecular flexibility index (Phi) is 3.75. The van der Waals surface area contributed by atoms with Crippen molar-refractivity contribution in [3.8, 4) is 0 Å². The Labute approximate surface area is 107 Å². The first kappa shape index (κ1) is 12.1. The fourth-order valence-electron chi connectivity index (χ4n) is 1.07. The molecule has 90 valence electrons. The van der Waals surface area contributed by atoms with Crippen LogP contribution in [-0.2, 0) is 7.05 Å². The summed E-state index contributed by atoms with van der Waals surface area (Å²) < 4.78 is 1.63. The van der Waals surface area contributed by atoms with Gasteiger partial charge in [0.25, 0.3) is 0 Å². The van der Waals surface area contributed by atoms with E-state index >= 15 is 0 Å². The van der Waals surface area contributed by atoms with E-state index in [1.165, 1.54) is 18.1 Å². The molecule has 0 saturated carbocycles. The van der Waals surface area contributed by atoms with E-state index in [-0.39, 0.29) is 5.28 Å². The zero-order valence-electron chi connectivity index (χ0n) is 9.25. The average molecular weight is 272 g/mol. The van der Waals surface area contributed by atoms with E-state index in [4.69, 9.17) is 11.6 Å². The van der Waals surface area contributed by atoms with Gasteiger partial charge in [0, 0.05) is 13.6 Å².